The highest BCUT2D eigenvalue weighted by Crippen LogP contribution is 2.29. The second-order valence-corrected chi connectivity index (χ2v) is 8.85. The molecule has 0 unspecified atom stereocenters. The quantitative estimate of drug-likeness (QED) is 0.366. The van der Waals surface area contributed by atoms with Crippen molar-refractivity contribution in [3.8, 4) is 5.75 Å². The predicted molar refractivity (Wildman–Crippen MR) is 124 cm³/mol. The minimum Gasteiger partial charge on any atom is -0.489 e. The minimum atomic E-state index is -0.518. The molecule has 3 aromatic rings. The zero-order valence-electron chi connectivity index (χ0n) is 17.2. The highest BCUT2D eigenvalue weighted by atomic mass is 35.5. The number of anilines is 2. The van der Waals surface area contributed by atoms with Gasteiger partial charge in [-0.3, -0.25) is 10.4 Å². The molecule has 5 N–H and O–H groups in total. The first-order chi connectivity index (χ1) is 15.1. The van der Waals surface area contributed by atoms with Gasteiger partial charge in [0.2, 0.25) is 0 Å². The van der Waals surface area contributed by atoms with E-state index in [-0.39, 0.29) is 23.7 Å². The monoisotopic (exact) mass is 474 g/mol. The average molecular weight is 475 g/mol. The molecule has 0 radical (unpaired) electrons. The number of nitrogens with one attached hydrogen (secondary N) is 1. The molecule has 166 valence electrons. The number of halogens is 3. The van der Waals surface area contributed by atoms with E-state index in [1.54, 1.807) is 23.1 Å². The summed E-state index contributed by atoms with van der Waals surface area (Å²) in [6, 6.07) is 6.18. The molecule has 0 bridgehead atoms. The van der Waals surface area contributed by atoms with Crippen LogP contribution in [0.4, 0.5) is 15.9 Å². The van der Waals surface area contributed by atoms with E-state index in [1.807, 2.05) is 6.92 Å². The van der Waals surface area contributed by atoms with Crippen LogP contribution in [0.2, 0.25) is 10.0 Å². The Morgan fingerprint density at radius 2 is 1.91 bits per heavy atom. The Morgan fingerprint density at radius 1 is 1.22 bits per heavy atom. The molecular formula is C22H21Cl2FN6O. The number of ether oxygens (including phenoxy) is 1. The number of rotatable bonds is 6. The molecule has 1 aliphatic rings. The van der Waals surface area contributed by atoms with E-state index in [2.05, 4.69) is 9.97 Å². The number of aromatic nitrogens is 2. The Kier molecular flexibility index (Phi) is 5.94. The Hall–Kier alpha value is -2.94. The average Bonchev–Trinajstić information content (AvgIpc) is 2.72. The van der Waals surface area contributed by atoms with Gasteiger partial charge in [0, 0.05) is 59.6 Å². The van der Waals surface area contributed by atoms with Gasteiger partial charge >= 0.3 is 0 Å². The summed E-state index contributed by atoms with van der Waals surface area (Å²) < 4.78 is 20.5. The summed E-state index contributed by atoms with van der Waals surface area (Å²) in [5.41, 5.74) is 13.4. The summed E-state index contributed by atoms with van der Waals surface area (Å²) in [6.07, 6.45) is 4.42. The lowest BCUT2D eigenvalue weighted by Gasteiger charge is -2.46. The van der Waals surface area contributed by atoms with Crippen molar-refractivity contribution in [1.29, 1.82) is 5.41 Å². The second-order valence-electron chi connectivity index (χ2n) is 8.03. The predicted octanol–water partition coefficient (Wildman–Crippen LogP) is 4.04. The van der Waals surface area contributed by atoms with Crippen LogP contribution in [0.1, 0.15) is 23.6 Å². The van der Waals surface area contributed by atoms with Crippen molar-refractivity contribution in [2.24, 2.45) is 5.73 Å². The largest absolute Gasteiger partial charge is 0.489 e. The van der Waals surface area contributed by atoms with Gasteiger partial charge in [-0.25, -0.2) is 9.37 Å². The van der Waals surface area contributed by atoms with Crippen molar-refractivity contribution in [2.45, 2.75) is 19.1 Å². The molecule has 0 aliphatic carbocycles. The van der Waals surface area contributed by atoms with Crippen LogP contribution >= 0.6 is 23.2 Å². The molecular weight excluding hydrogens is 454 g/mol. The van der Waals surface area contributed by atoms with Gasteiger partial charge in [-0.15, -0.1) is 0 Å². The third-order valence-electron chi connectivity index (χ3n) is 5.14. The van der Waals surface area contributed by atoms with E-state index in [0.717, 1.165) is 0 Å². The number of nitrogens with two attached hydrogens (primary N) is 2. The Balaban J connectivity index is 1.53. The van der Waals surface area contributed by atoms with Gasteiger partial charge in [-0.1, -0.05) is 23.2 Å². The van der Waals surface area contributed by atoms with Crippen LogP contribution in [0.25, 0.3) is 0 Å². The summed E-state index contributed by atoms with van der Waals surface area (Å²) in [5.74, 6) is 0.159. The van der Waals surface area contributed by atoms with Crippen LogP contribution in [-0.2, 0) is 6.61 Å². The SMILES string of the molecule is CC1(N)CN(c2ncc(C(=N)c3cc(OCc4c(Cl)cncc4Cl)ccc3N)cc2F)C1. The number of hydrogen-bond donors (Lipinski definition) is 3. The summed E-state index contributed by atoms with van der Waals surface area (Å²) >= 11 is 12.3. The van der Waals surface area contributed by atoms with E-state index < -0.39 is 5.82 Å². The maximum absolute atomic E-state index is 14.7. The highest BCUT2D eigenvalue weighted by molar-refractivity contribution is 6.35. The maximum atomic E-state index is 14.7. The van der Waals surface area contributed by atoms with Crippen LogP contribution in [0.5, 0.6) is 5.75 Å². The van der Waals surface area contributed by atoms with E-state index in [1.165, 1.54) is 24.7 Å². The number of hydrogen-bond acceptors (Lipinski definition) is 7. The van der Waals surface area contributed by atoms with Gasteiger partial charge in [0.1, 0.15) is 12.4 Å². The molecule has 10 heteroatoms. The highest BCUT2D eigenvalue weighted by Gasteiger charge is 2.37. The molecule has 32 heavy (non-hydrogen) atoms. The Labute approximate surface area is 194 Å². The fourth-order valence-corrected chi connectivity index (χ4v) is 3.98. The van der Waals surface area contributed by atoms with Crippen LogP contribution in [0, 0.1) is 11.2 Å². The van der Waals surface area contributed by atoms with Gasteiger partial charge in [0.15, 0.2) is 11.6 Å². The van der Waals surface area contributed by atoms with Crippen LogP contribution in [0.3, 0.4) is 0 Å². The molecule has 3 heterocycles. The standard InChI is InChI=1S/C22H21Cl2FN6O/c1-22(28)10-31(11-22)21-18(25)4-12(6-30-21)20(27)14-5-13(2-3-19(14)26)32-9-15-16(23)7-29-8-17(15)24/h2-8,27H,9-11,26,28H2,1H3. The molecule has 0 amide bonds. The zero-order valence-corrected chi connectivity index (χ0v) is 18.7. The molecule has 0 spiro atoms. The smallest absolute Gasteiger partial charge is 0.166 e. The lowest BCUT2D eigenvalue weighted by Crippen LogP contribution is -2.66. The summed E-state index contributed by atoms with van der Waals surface area (Å²) in [5, 5.41) is 9.32. The van der Waals surface area contributed by atoms with E-state index in [9.17, 15) is 4.39 Å². The molecule has 7 nitrogen and oxygen atoms in total. The first-order valence-electron chi connectivity index (χ1n) is 9.73. The molecule has 1 aliphatic heterocycles. The van der Waals surface area contributed by atoms with Gasteiger partial charge in [0.25, 0.3) is 0 Å². The molecule has 0 saturated carbocycles. The molecule has 1 aromatic carbocycles. The fraction of sp³-hybridized carbons (Fsp3) is 0.227. The minimum absolute atomic E-state index is 0.0261. The lowest BCUT2D eigenvalue weighted by molar-refractivity contribution is 0.306. The van der Waals surface area contributed by atoms with Gasteiger partial charge in [-0.2, -0.15) is 0 Å². The topological polar surface area (TPSA) is 114 Å². The van der Waals surface area contributed by atoms with Crippen molar-refractivity contribution in [3.05, 3.63) is 75.4 Å². The van der Waals surface area contributed by atoms with Crippen molar-refractivity contribution >= 4 is 40.4 Å². The molecule has 0 atom stereocenters. The van der Waals surface area contributed by atoms with Crippen LogP contribution in [0.15, 0.2) is 42.9 Å². The Morgan fingerprint density at radius 3 is 2.53 bits per heavy atom. The van der Waals surface area contributed by atoms with E-state index >= 15 is 0 Å². The number of benzene rings is 1. The molecule has 4 rings (SSSR count). The number of nitrogens with zero attached hydrogens (tertiary/aromatic N) is 3. The van der Waals surface area contributed by atoms with Gasteiger partial charge in [-0.05, 0) is 31.2 Å². The normalized spacial score (nSPS) is 14.7. The summed E-state index contributed by atoms with van der Waals surface area (Å²) in [7, 11) is 0. The first kappa shape index (κ1) is 22.3. The van der Waals surface area contributed by atoms with Crippen molar-refractivity contribution < 1.29 is 9.13 Å². The van der Waals surface area contributed by atoms with Crippen LogP contribution in [-0.4, -0.2) is 34.3 Å². The summed E-state index contributed by atoms with van der Waals surface area (Å²) in [4.78, 5) is 9.88. The molecule has 1 saturated heterocycles. The van der Waals surface area contributed by atoms with Gasteiger partial charge in [0.05, 0.1) is 15.8 Å². The molecule has 1 fully saturated rings. The van der Waals surface area contributed by atoms with Crippen molar-refractivity contribution in [2.75, 3.05) is 23.7 Å². The summed E-state index contributed by atoms with van der Waals surface area (Å²) in [6.45, 7) is 3.05. The number of nitrogen functional groups attached to an aromatic ring is 1. The molecule has 2 aromatic heterocycles. The third kappa shape index (κ3) is 4.48. The second kappa shape index (κ2) is 8.54. The number of pyridine rings is 2. The van der Waals surface area contributed by atoms with E-state index in [0.29, 0.717) is 51.3 Å². The van der Waals surface area contributed by atoms with Crippen molar-refractivity contribution in [1.82, 2.24) is 9.97 Å². The fourth-order valence-electron chi connectivity index (χ4n) is 3.50. The van der Waals surface area contributed by atoms with E-state index in [4.69, 9.17) is 44.8 Å². The third-order valence-corrected chi connectivity index (χ3v) is 5.80. The Bertz CT molecular complexity index is 1170. The zero-order chi connectivity index (χ0) is 23.0. The van der Waals surface area contributed by atoms with Gasteiger partial charge < -0.3 is 21.1 Å². The maximum Gasteiger partial charge on any atom is 0.166 e. The van der Waals surface area contributed by atoms with Crippen LogP contribution < -0.4 is 21.1 Å². The first-order valence-corrected chi connectivity index (χ1v) is 10.5. The van der Waals surface area contributed by atoms with Crippen molar-refractivity contribution in [3.63, 3.8) is 0 Å². The lowest BCUT2D eigenvalue weighted by atomic mass is 9.93.